The Bertz CT molecular complexity index is 789. The van der Waals surface area contributed by atoms with Crippen LogP contribution in [0.1, 0.15) is 66.0 Å². The number of nitrogens with zero attached hydrogens (tertiary/aromatic N) is 1. The van der Waals surface area contributed by atoms with Crippen molar-refractivity contribution in [2.24, 2.45) is 0 Å². The smallest absolute Gasteiger partial charge is 0.247 e. The standard InChI is InChI=1S/C19H32N2O6S/c1-12(22)18(2,3)15-11-16(27-21-15)20-17(23)19(4,5)28(24,25)14-9-7-13(26-6)8-10-14/h11-14,22H,7-10H2,1-6H3,(H,20,23)/t12-,13-,14-/m0/s1. The predicted molar refractivity (Wildman–Crippen MR) is 106 cm³/mol. The fourth-order valence-electron chi connectivity index (χ4n) is 3.24. The Balaban J connectivity index is 2.13. The van der Waals surface area contributed by atoms with Gasteiger partial charge in [-0.25, -0.2) is 8.42 Å². The topological polar surface area (TPSA) is 119 Å². The van der Waals surface area contributed by atoms with E-state index in [0.29, 0.717) is 31.4 Å². The molecule has 1 fully saturated rings. The molecule has 2 rings (SSSR count). The summed E-state index contributed by atoms with van der Waals surface area (Å²) in [4.78, 5) is 12.8. The van der Waals surface area contributed by atoms with Crippen LogP contribution in [0.4, 0.5) is 5.88 Å². The summed E-state index contributed by atoms with van der Waals surface area (Å²) in [6.07, 6.45) is 1.68. The highest BCUT2D eigenvalue weighted by Gasteiger charge is 2.47. The molecule has 1 amide bonds. The number of carbonyl (C=O) groups excluding carboxylic acids is 1. The van der Waals surface area contributed by atoms with Crippen LogP contribution in [0.2, 0.25) is 0 Å². The van der Waals surface area contributed by atoms with Crippen LogP contribution in [-0.4, -0.2) is 53.9 Å². The first-order valence-electron chi connectivity index (χ1n) is 9.57. The number of aliphatic hydroxyl groups excluding tert-OH is 1. The molecule has 1 aliphatic carbocycles. The zero-order valence-corrected chi connectivity index (χ0v) is 18.3. The number of rotatable bonds is 7. The average Bonchev–Trinajstić information content (AvgIpc) is 3.10. The lowest BCUT2D eigenvalue weighted by atomic mass is 9.84. The predicted octanol–water partition coefficient (Wildman–Crippen LogP) is 2.42. The van der Waals surface area contributed by atoms with Crippen LogP contribution in [0, 0.1) is 0 Å². The summed E-state index contributed by atoms with van der Waals surface area (Å²) < 4.78 is 35.0. The van der Waals surface area contributed by atoms with E-state index in [0.717, 1.165) is 0 Å². The van der Waals surface area contributed by atoms with Crippen LogP contribution in [0.3, 0.4) is 0 Å². The van der Waals surface area contributed by atoms with Gasteiger partial charge in [0.05, 0.1) is 23.2 Å². The van der Waals surface area contributed by atoms with E-state index < -0.39 is 37.3 Å². The van der Waals surface area contributed by atoms with Gasteiger partial charge in [0, 0.05) is 18.6 Å². The third kappa shape index (κ3) is 4.26. The average molecular weight is 417 g/mol. The third-order valence-corrected chi connectivity index (χ3v) is 9.06. The third-order valence-electron chi connectivity index (χ3n) is 6.10. The quantitative estimate of drug-likeness (QED) is 0.700. The van der Waals surface area contributed by atoms with Crippen LogP contribution in [0.15, 0.2) is 10.6 Å². The number of anilines is 1. The monoisotopic (exact) mass is 416 g/mol. The van der Waals surface area contributed by atoms with Crippen molar-refractivity contribution in [1.29, 1.82) is 0 Å². The molecular formula is C19H32N2O6S. The molecule has 9 heteroatoms. The maximum absolute atomic E-state index is 13.1. The van der Waals surface area contributed by atoms with Crippen molar-refractivity contribution in [1.82, 2.24) is 5.16 Å². The Morgan fingerprint density at radius 3 is 2.36 bits per heavy atom. The number of ether oxygens (including phenoxy) is 1. The second-order valence-corrected chi connectivity index (χ2v) is 11.4. The lowest BCUT2D eigenvalue weighted by Gasteiger charge is -2.33. The van der Waals surface area contributed by atoms with Gasteiger partial charge in [-0.15, -0.1) is 0 Å². The molecule has 1 saturated carbocycles. The lowest BCUT2D eigenvalue weighted by molar-refractivity contribution is -0.118. The molecule has 0 aliphatic heterocycles. The van der Waals surface area contributed by atoms with E-state index in [4.69, 9.17) is 9.26 Å². The van der Waals surface area contributed by atoms with Crippen molar-refractivity contribution in [3.8, 4) is 0 Å². The first-order valence-corrected chi connectivity index (χ1v) is 11.1. The first-order chi connectivity index (χ1) is 12.8. The number of carbonyl (C=O) groups is 1. The van der Waals surface area contributed by atoms with Crippen molar-refractivity contribution in [3.05, 3.63) is 11.8 Å². The minimum absolute atomic E-state index is 0.0556. The Morgan fingerprint density at radius 2 is 1.86 bits per heavy atom. The largest absolute Gasteiger partial charge is 0.392 e. The highest BCUT2D eigenvalue weighted by molar-refractivity contribution is 7.94. The van der Waals surface area contributed by atoms with Crippen LogP contribution in [0.25, 0.3) is 0 Å². The first kappa shape index (κ1) is 22.8. The van der Waals surface area contributed by atoms with Gasteiger partial charge < -0.3 is 14.4 Å². The van der Waals surface area contributed by atoms with Crippen molar-refractivity contribution >= 4 is 21.6 Å². The molecule has 2 N–H and O–H groups in total. The summed E-state index contributed by atoms with van der Waals surface area (Å²) in [7, 11) is -2.09. The van der Waals surface area contributed by atoms with E-state index in [1.165, 1.54) is 19.9 Å². The molecule has 0 bridgehead atoms. The number of hydrogen-bond acceptors (Lipinski definition) is 7. The molecule has 1 atom stereocenters. The second kappa shape index (κ2) is 8.12. The maximum atomic E-state index is 13.1. The number of amides is 1. The van der Waals surface area contributed by atoms with Crippen LogP contribution in [-0.2, 0) is 24.8 Å². The van der Waals surface area contributed by atoms with Gasteiger partial charge in [-0.1, -0.05) is 19.0 Å². The van der Waals surface area contributed by atoms with Gasteiger partial charge in [0.2, 0.25) is 11.8 Å². The number of aromatic nitrogens is 1. The summed E-state index contributed by atoms with van der Waals surface area (Å²) in [6.45, 7) is 8.06. The number of aliphatic hydroxyl groups is 1. The molecule has 1 aliphatic rings. The van der Waals surface area contributed by atoms with E-state index in [9.17, 15) is 18.3 Å². The summed E-state index contributed by atoms with van der Waals surface area (Å²) >= 11 is 0. The Morgan fingerprint density at radius 1 is 1.29 bits per heavy atom. The van der Waals surface area contributed by atoms with Gasteiger partial charge in [0.15, 0.2) is 9.84 Å². The van der Waals surface area contributed by atoms with Crippen LogP contribution < -0.4 is 5.32 Å². The Kier molecular flexibility index (Phi) is 6.62. The molecule has 0 aromatic carbocycles. The Labute approximate surface area is 166 Å². The molecule has 0 unspecified atom stereocenters. The van der Waals surface area contributed by atoms with Gasteiger partial charge in [0.1, 0.15) is 4.75 Å². The van der Waals surface area contributed by atoms with Gasteiger partial charge in [-0.3, -0.25) is 10.1 Å². The van der Waals surface area contributed by atoms with Gasteiger partial charge >= 0.3 is 0 Å². The molecule has 0 radical (unpaired) electrons. The maximum Gasteiger partial charge on any atom is 0.247 e. The van der Waals surface area contributed by atoms with Gasteiger partial charge in [-0.2, -0.15) is 0 Å². The van der Waals surface area contributed by atoms with E-state index in [-0.39, 0.29) is 12.0 Å². The van der Waals surface area contributed by atoms with Crippen molar-refractivity contribution in [3.63, 3.8) is 0 Å². The molecule has 160 valence electrons. The van der Waals surface area contributed by atoms with Crippen molar-refractivity contribution < 1.29 is 27.6 Å². The summed E-state index contributed by atoms with van der Waals surface area (Å²) in [5, 5.41) is 15.7. The van der Waals surface area contributed by atoms with E-state index in [1.807, 2.05) is 0 Å². The highest BCUT2D eigenvalue weighted by atomic mass is 32.2. The lowest BCUT2D eigenvalue weighted by Crippen LogP contribution is -2.49. The number of sulfone groups is 1. The summed E-state index contributed by atoms with van der Waals surface area (Å²) in [5.74, 6) is -0.612. The highest BCUT2D eigenvalue weighted by Crippen LogP contribution is 2.34. The number of methoxy groups -OCH3 is 1. The minimum atomic E-state index is -3.72. The summed E-state index contributed by atoms with van der Waals surface area (Å²) in [6, 6.07) is 1.51. The van der Waals surface area contributed by atoms with Crippen LogP contribution >= 0.6 is 0 Å². The SMILES string of the molecule is CO[C@H]1CC[C@H](S(=O)(=O)C(C)(C)C(=O)Nc2cc(C(C)(C)[C@H](C)O)no2)CC1. The molecular weight excluding hydrogens is 384 g/mol. The van der Waals surface area contributed by atoms with Gasteiger partial charge in [-0.05, 0) is 46.5 Å². The number of nitrogens with one attached hydrogen (secondary N) is 1. The molecule has 8 nitrogen and oxygen atoms in total. The number of hydrogen-bond donors (Lipinski definition) is 2. The van der Waals surface area contributed by atoms with Crippen molar-refractivity contribution in [2.75, 3.05) is 12.4 Å². The second-order valence-electron chi connectivity index (χ2n) is 8.62. The normalized spacial score (nSPS) is 22.7. The fourth-order valence-corrected chi connectivity index (χ4v) is 5.27. The zero-order valence-electron chi connectivity index (χ0n) is 17.5. The summed E-state index contributed by atoms with van der Waals surface area (Å²) in [5.41, 5.74) is -0.204. The molecule has 28 heavy (non-hydrogen) atoms. The molecule has 1 heterocycles. The minimum Gasteiger partial charge on any atom is -0.392 e. The molecule has 1 aromatic heterocycles. The fraction of sp³-hybridized carbons (Fsp3) is 0.789. The van der Waals surface area contributed by atoms with E-state index in [1.54, 1.807) is 27.9 Å². The van der Waals surface area contributed by atoms with Crippen molar-refractivity contribution in [2.45, 2.75) is 87.9 Å². The molecule has 0 saturated heterocycles. The Hall–Kier alpha value is -1.45. The molecule has 0 spiro atoms. The van der Waals surface area contributed by atoms with Gasteiger partial charge in [0.25, 0.3) is 0 Å². The zero-order chi connectivity index (χ0) is 21.3. The van der Waals surface area contributed by atoms with E-state index >= 15 is 0 Å². The van der Waals surface area contributed by atoms with Crippen LogP contribution in [0.5, 0.6) is 0 Å². The molecule has 1 aromatic rings. The van der Waals surface area contributed by atoms with E-state index in [2.05, 4.69) is 10.5 Å².